The molecule has 2 aromatic carbocycles. The van der Waals surface area contributed by atoms with Crippen molar-refractivity contribution in [3.8, 4) is 11.5 Å². The van der Waals surface area contributed by atoms with Gasteiger partial charge in [-0.1, -0.05) is 26.0 Å². The van der Waals surface area contributed by atoms with E-state index in [1.54, 1.807) is 0 Å². The van der Waals surface area contributed by atoms with Gasteiger partial charge >= 0.3 is 0 Å². The van der Waals surface area contributed by atoms with Crippen molar-refractivity contribution >= 4 is 10.8 Å². The van der Waals surface area contributed by atoms with Crippen LogP contribution in [0.25, 0.3) is 10.8 Å². The molecule has 0 radical (unpaired) electrons. The Bertz CT molecular complexity index is 603. The average Bonchev–Trinajstić information content (AvgIpc) is 2.67. The van der Waals surface area contributed by atoms with Gasteiger partial charge in [0.05, 0.1) is 12.2 Å². The van der Waals surface area contributed by atoms with Crippen LogP contribution in [0.4, 0.5) is 0 Å². The SMILES string of the molecule is CCOC(CC)COc1ccc2ccc(OCC(CC)OCC)cc2c1. The molecule has 0 saturated carbocycles. The van der Waals surface area contributed by atoms with E-state index in [0.717, 1.165) is 29.7 Å². The van der Waals surface area contributed by atoms with Crippen LogP contribution in [-0.4, -0.2) is 38.6 Å². The summed E-state index contributed by atoms with van der Waals surface area (Å²) in [5, 5.41) is 2.27. The van der Waals surface area contributed by atoms with Crippen LogP contribution in [-0.2, 0) is 9.47 Å². The van der Waals surface area contributed by atoms with Crippen LogP contribution >= 0.6 is 0 Å². The van der Waals surface area contributed by atoms with Crippen molar-refractivity contribution in [2.24, 2.45) is 0 Å². The van der Waals surface area contributed by atoms with E-state index in [9.17, 15) is 0 Å². The molecule has 4 nitrogen and oxygen atoms in total. The van der Waals surface area contributed by atoms with Gasteiger partial charge in [-0.3, -0.25) is 0 Å². The molecule has 0 N–H and O–H groups in total. The summed E-state index contributed by atoms with van der Waals surface area (Å²) in [6, 6.07) is 12.3. The van der Waals surface area contributed by atoms with Crippen LogP contribution in [0, 0.1) is 0 Å². The van der Waals surface area contributed by atoms with Gasteiger partial charge in [0.1, 0.15) is 24.7 Å². The van der Waals surface area contributed by atoms with Crippen LogP contribution in [0.2, 0.25) is 0 Å². The molecule has 0 aliphatic rings. The molecule has 144 valence electrons. The van der Waals surface area contributed by atoms with E-state index in [-0.39, 0.29) is 12.2 Å². The van der Waals surface area contributed by atoms with Gasteiger partial charge in [-0.2, -0.15) is 0 Å². The minimum Gasteiger partial charge on any atom is -0.491 e. The maximum atomic E-state index is 5.92. The van der Waals surface area contributed by atoms with Crippen molar-refractivity contribution in [1.29, 1.82) is 0 Å². The molecule has 0 aliphatic heterocycles. The van der Waals surface area contributed by atoms with Gasteiger partial charge in [0.15, 0.2) is 0 Å². The predicted molar refractivity (Wildman–Crippen MR) is 106 cm³/mol. The highest BCUT2D eigenvalue weighted by molar-refractivity contribution is 5.85. The van der Waals surface area contributed by atoms with E-state index in [1.165, 1.54) is 5.39 Å². The molecule has 2 aromatic rings. The van der Waals surface area contributed by atoms with Gasteiger partial charge in [-0.05, 0) is 61.7 Å². The zero-order valence-electron chi connectivity index (χ0n) is 16.5. The smallest absolute Gasteiger partial charge is 0.120 e. The Morgan fingerprint density at radius 2 is 1.12 bits per heavy atom. The highest BCUT2D eigenvalue weighted by Crippen LogP contribution is 2.25. The Kier molecular flexibility index (Phi) is 8.72. The molecule has 0 aliphatic carbocycles. The number of rotatable bonds is 12. The second kappa shape index (κ2) is 11.0. The molecular formula is C22H32O4. The van der Waals surface area contributed by atoms with Gasteiger partial charge in [0.25, 0.3) is 0 Å². The van der Waals surface area contributed by atoms with Gasteiger partial charge < -0.3 is 18.9 Å². The molecule has 0 saturated heterocycles. The number of fused-ring (bicyclic) bond motifs is 1. The molecule has 0 amide bonds. The largest absolute Gasteiger partial charge is 0.491 e. The molecule has 0 heterocycles. The molecule has 2 atom stereocenters. The maximum absolute atomic E-state index is 5.92. The summed E-state index contributed by atoms with van der Waals surface area (Å²) in [5.74, 6) is 1.71. The summed E-state index contributed by atoms with van der Waals surface area (Å²) < 4.78 is 23.1. The summed E-state index contributed by atoms with van der Waals surface area (Å²) in [7, 11) is 0. The lowest BCUT2D eigenvalue weighted by molar-refractivity contribution is 0.0255. The second-order valence-electron chi connectivity index (χ2n) is 6.26. The molecule has 0 fully saturated rings. The molecule has 0 bridgehead atoms. The summed E-state index contributed by atoms with van der Waals surface area (Å²) in [4.78, 5) is 0. The highest BCUT2D eigenvalue weighted by atomic mass is 16.5. The van der Waals surface area contributed by atoms with Crippen LogP contribution in [0.5, 0.6) is 11.5 Å². The number of hydrogen-bond acceptors (Lipinski definition) is 4. The lowest BCUT2D eigenvalue weighted by atomic mass is 10.1. The minimum absolute atomic E-state index is 0.134. The first-order valence-corrected chi connectivity index (χ1v) is 9.72. The second-order valence-corrected chi connectivity index (χ2v) is 6.26. The van der Waals surface area contributed by atoms with Crippen molar-refractivity contribution in [3.05, 3.63) is 36.4 Å². The number of hydrogen-bond donors (Lipinski definition) is 0. The van der Waals surface area contributed by atoms with E-state index < -0.39 is 0 Å². The van der Waals surface area contributed by atoms with Gasteiger partial charge in [0, 0.05) is 13.2 Å². The summed E-state index contributed by atoms with van der Waals surface area (Å²) in [5.41, 5.74) is 0. The first kappa shape index (κ1) is 20.5. The Morgan fingerprint density at radius 1 is 0.654 bits per heavy atom. The number of benzene rings is 2. The van der Waals surface area contributed by atoms with Crippen LogP contribution < -0.4 is 9.47 Å². The third-order valence-corrected chi connectivity index (χ3v) is 4.37. The third-order valence-electron chi connectivity index (χ3n) is 4.37. The van der Waals surface area contributed by atoms with Crippen molar-refractivity contribution in [1.82, 2.24) is 0 Å². The molecule has 0 aromatic heterocycles. The summed E-state index contributed by atoms with van der Waals surface area (Å²) in [6.45, 7) is 10.8. The lowest BCUT2D eigenvalue weighted by Crippen LogP contribution is -2.21. The van der Waals surface area contributed by atoms with Crippen LogP contribution in [0.3, 0.4) is 0 Å². The van der Waals surface area contributed by atoms with Crippen LogP contribution in [0.1, 0.15) is 40.5 Å². The normalized spacial score (nSPS) is 13.5. The first-order valence-electron chi connectivity index (χ1n) is 9.72. The maximum Gasteiger partial charge on any atom is 0.120 e. The van der Waals surface area contributed by atoms with E-state index >= 15 is 0 Å². The Morgan fingerprint density at radius 3 is 1.50 bits per heavy atom. The fourth-order valence-corrected chi connectivity index (χ4v) is 2.80. The van der Waals surface area contributed by atoms with E-state index in [0.29, 0.717) is 26.4 Å². The van der Waals surface area contributed by atoms with Crippen LogP contribution in [0.15, 0.2) is 36.4 Å². The van der Waals surface area contributed by atoms with Crippen molar-refractivity contribution in [3.63, 3.8) is 0 Å². The molecular weight excluding hydrogens is 328 g/mol. The molecule has 2 unspecified atom stereocenters. The third kappa shape index (κ3) is 6.19. The minimum atomic E-state index is 0.134. The lowest BCUT2D eigenvalue weighted by Gasteiger charge is -2.17. The fourth-order valence-electron chi connectivity index (χ4n) is 2.80. The predicted octanol–water partition coefficient (Wildman–Crippen LogP) is 5.23. The monoisotopic (exact) mass is 360 g/mol. The standard InChI is InChI=1S/C22H32O4/c1-5-19(23-7-3)15-25-21-11-9-17-10-12-22(14-18(17)13-21)26-16-20(6-2)24-8-4/h9-14,19-20H,5-8,15-16H2,1-4H3. The molecule has 4 heteroatoms. The van der Waals surface area contributed by atoms with Crippen molar-refractivity contribution < 1.29 is 18.9 Å². The zero-order chi connectivity index (χ0) is 18.8. The van der Waals surface area contributed by atoms with E-state index in [1.807, 2.05) is 26.0 Å². The highest BCUT2D eigenvalue weighted by Gasteiger charge is 2.09. The Hall–Kier alpha value is -1.78. The fraction of sp³-hybridized carbons (Fsp3) is 0.545. The average molecular weight is 360 g/mol. The number of ether oxygens (including phenoxy) is 4. The Labute approximate surface area is 157 Å². The summed E-state index contributed by atoms with van der Waals surface area (Å²) in [6.07, 6.45) is 2.15. The van der Waals surface area contributed by atoms with Gasteiger partial charge in [0.2, 0.25) is 0 Å². The van der Waals surface area contributed by atoms with Crippen molar-refractivity contribution in [2.45, 2.75) is 52.7 Å². The molecule has 2 rings (SSSR count). The van der Waals surface area contributed by atoms with E-state index in [2.05, 4.69) is 38.1 Å². The van der Waals surface area contributed by atoms with Crippen molar-refractivity contribution in [2.75, 3.05) is 26.4 Å². The molecule has 26 heavy (non-hydrogen) atoms. The topological polar surface area (TPSA) is 36.9 Å². The van der Waals surface area contributed by atoms with Gasteiger partial charge in [-0.25, -0.2) is 0 Å². The molecule has 0 spiro atoms. The quantitative estimate of drug-likeness (QED) is 0.519. The first-order chi connectivity index (χ1) is 12.7. The van der Waals surface area contributed by atoms with E-state index in [4.69, 9.17) is 18.9 Å². The van der Waals surface area contributed by atoms with Gasteiger partial charge in [-0.15, -0.1) is 0 Å². The zero-order valence-corrected chi connectivity index (χ0v) is 16.5. The summed E-state index contributed by atoms with van der Waals surface area (Å²) >= 11 is 0. The Balaban J connectivity index is 2.02.